The molecule has 0 aliphatic carbocycles. The summed E-state index contributed by atoms with van der Waals surface area (Å²) in [5, 5.41) is 2.02. The molecular formula is C14H18F3N3O3. The van der Waals surface area contributed by atoms with Crippen molar-refractivity contribution in [3.63, 3.8) is 0 Å². The number of nitrogens with two attached hydrogens (primary N) is 1. The van der Waals surface area contributed by atoms with Crippen molar-refractivity contribution < 1.29 is 27.2 Å². The fourth-order valence-corrected chi connectivity index (χ4v) is 2.60. The molecule has 23 heavy (non-hydrogen) atoms. The maximum absolute atomic E-state index is 13.1. The van der Waals surface area contributed by atoms with Crippen molar-refractivity contribution in [1.82, 2.24) is 10.2 Å². The molecule has 1 aliphatic heterocycles. The van der Waals surface area contributed by atoms with Crippen LogP contribution in [0.5, 0.6) is 0 Å². The third-order valence-corrected chi connectivity index (χ3v) is 3.78. The predicted octanol–water partition coefficient (Wildman–Crippen LogP) is 1.20. The van der Waals surface area contributed by atoms with Gasteiger partial charge in [-0.1, -0.05) is 0 Å². The average Bonchev–Trinajstić information content (AvgIpc) is 2.97. The molecule has 2 heterocycles. The van der Waals surface area contributed by atoms with Gasteiger partial charge in [-0.3, -0.25) is 14.5 Å². The minimum atomic E-state index is -4.64. The molecular weight excluding hydrogens is 315 g/mol. The average molecular weight is 333 g/mol. The molecule has 6 nitrogen and oxygen atoms in total. The van der Waals surface area contributed by atoms with Gasteiger partial charge < -0.3 is 15.5 Å². The molecule has 0 spiro atoms. The Morgan fingerprint density at radius 3 is 2.52 bits per heavy atom. The van der Waals surface area contributed by atoms with Crippen LogP contribution in [0, 0.1) is 5.92 Å². The van der Waals surface area contributed by atoms with Gasteiger partial charge in [-0.15, -0.1) is 0 Å². The molecule has 1 atom stereocenters. The number of carbonyl (C=O) groups excluding carboxylic acids is 2. The van der Waals surface area contributed by atoms with Crippen LogP contribution < -0.4 is 11.1 Å². The van der Waals surface area contributed by atoms with Gasteiger partial charge in [-0.25, -0.2) is 0 Å². The van der Waals surface area contributed by atoms with Crippen LogP contribution in [0.1, 0.15) is 24.6 Å². The van der Waals surface area contributed by atoms with Gasteiger partial charge in [0.2, 0.25) is 11.8 Å². The minimum absolute atomic E-state index is 0.0892. The minimum Gasteiger partial charge on any atom is -0.467 e. The quantitative estimate of drug-likeness (QED) is 0.847. The lowest BCUT2D eigenvalue weighted by molar-refractivity contribution is -0.168. The Kier molecular flexibility index (Phi) is 5.30. The Morgan fingerprint density at radius 2 is 2.04 bits per heavy atom. The number of carbonyl (C=O) groups is 2. The van der Waals surface area contributed by atoms with E-state index in [1.807, 2.05) is 5.32 Å². The zero-order valence-corrected chi connectivity index (χ0v) is 12.3. The van der Waals surface area contributed by atoms with Gasteiger partial charge in [-0.2, -0.15) is 13.2 Å². The fourth-order valence-electron chi connectivity index (χ4n) is 2.60. The molecule has 0 saturated carbocycles. The number of halogens is 3. The van der Waals surface area contributed by atoms with E-state index in [4.69, 9.17) is 10.2 Å². The van der Waals surface area contributed by atoms with Crippen LogP contribution in [0.3, 0.4) is 0 Å². The summed E-state index contributed by atoms with van der Waals surface area (Å²) in [7, 11) is 0. The largest absolute Gasteiger partial charge is 0.467 e. The van der Waals surface area contributed by atoms with Crippen molar-refractivity contribution in [2.45, 2.75) is 25.1 Å². The smallest absolute Gasteiger partial charge is 0.415 e. The first-order valence-electron chi connectivity index (χ1n) is 7.18. The van der Waals surface area contributed by atoms with Crippen LogP contribution in [0.2, 0.25) is 0 Å². The van der Waals surface area contributed by atoms with E-state index >= 15 is 0 Å². The molecule has 1 aromatic heterocycles. The van der Waals surface area contributed by atoms with E-state index in [2.05, 4.69) is 0 Å². The van der Waals surface area contributed by atoms with Crippen LogP contribution in [0.4, 0.5) is 13.2 Å². The lowest BCUT2D eigenvalue weighted by atomic mass is 9.95. The Labute approximate surface area is 130 Å². The molecule has 1 fully saturated rings. The van der Waals surface area contributed by atoms with E-state index < -0.39 is 30.0 Å². The van der Waals surface area contributed by atoms with Gasteiger partial charge in [0, 0.05) is 5.92 Å². The lowest BCUT2D eigenvalue weighted by Crippen LogP contribution is -2.46. The first-order valence-corrected chi connectivity index (χ1v) is 7.18. The zero-order chi connectivity index (χ0) is 17.0. The van der Waals surface area contributed by atoms with E-state index in [-0.39, 0.29) is 12.3 Å². The molecule has 0 radical (unpaired) electrons. The van der Waals surface area contributed by atoms with Crippen molar-refractivity contribution in [3.05, 3.63) is 24.2 Å². The monoisotopic (exact) mass is 333 g/mol. The number of nitrogens with one attached hydrogen (secondary N) is 1. The van der Waals surface area contributed by atoms with Crippen molar-refractivity contribution in [1.29, 1.82) is 0 Å². The third kappa shape index (κ3) is 4.72. The van der Waals surface area contributed by atoms with E-state index in [0.717, 1.165) is 6.26 Å². The van der Waals surface area contributed by atoms with Gasteiger partial charge in [-0.05, 0) is 38.1 Å². The number of primary amides is 1. The van der Waals surface area contributed by atoms with Crippen LogP contribution in [0.25, 0.3) is 0 Å². The van der Waals surface area contributed by atoms with Crippen molar-refractivity contribution >= 4 is 11.8 Å². The number of furan rings is 1. The molecule has 2 amide bonds. The molecule has 1 saturated heterocycles. The van der Waals surface area contributed by atoms with E-state index in [1.54, 1.807) is 4.90 Å². The highest BCUT2D eigenvalue weighted by atomic mass is 19.4. The Bertz CT molecular complexity index is 537. The Morgan fingerprint density at radius 1 is 1.39 bits per heavy atom. The van der Waals surface area contributed by atoms with Gasteiger partial charge in [0.25, 0.3) is 0 Å². The van der Waals surface area contributed by atoms with Crippen LogP contribution >= 0.6 is 0 Å². The number of hydrogen-bond donors (Lipinski definition) is 2. The number of rotatable bonds is 5. The lowest BCUT2D eigenvalue weighted by Gasteiger charge is -2.31. The van der Waals surface area contributed by atoms with Gasteiger partial charge in [0.15, 0.2) is 6.04 Å². The fraction of sp³-hybridized carbons (Fsp3) is 0.571. The third-order valence-electron chi connectivity index (χ3n) is 3.78. The van der Waals surface area contributed by atoms with E-state index in [0.29, 0.717) is 25.9 Å². The number of nitrogens with zero attached hydrogens (tertiary/aromatic N) is 1. The number of hydrogen-bond acceptors (Lipinski definition) is 4. The molecule has 1 aromatic rings. The van der Waals surface area contributed by atoms with Crippen LogP contribution in [-0.2, 0) is 9.59 Å². The predicted molar refractivity (Wildman–Crippen MR) is 74.0 cm³/mol. The molecule has 0 aromatic carbocycles. The number of alkyl halides is 3. The van der Waals surface area contributed by atoms with E-state index in [9.17, 15) is 22.8 Å². The molecule has 0 bridgehead atoms. The van der Waals surface area contributed by atoms with Crippen molar-refractivity contribution in [2.75, 3.05) is 19.6 Å². The number of likely N-dealkylation sites (tertiary alicyclic amines) is 1. The molecule has 1 aliphatic rings. The molecule has 0 unspecified atom stereocenters. The maximum atomic E-state index is 13.1. The highest BCUT2D eigenvalue weighted by molar-refractivity contribution is 5.79. The standard InChI is InChI=1S/C14H18F3N3O3/c15-14(16,17)12(10-2-1-7-23-10)19-13(22)9-3-5-20(6-4-9)8-11(18)21/h1-2,7,9,12H,3-6,8H2,(H2,18,21)(H,19,22)/t12-/m1/s1. The number of piperidine rings is 1. The Balaban J connectivity index is 1.94. The summed E-state index contributed by atoms with van der Waals surface area (Å²) in [5.74, 6) is -2.01. The SMILES string of the molecule is NC(=O)CN1CCC(C(=O)N[C@H](c2ccco2)C(F)(F)F)CC1. The Hall–Kier alpha value is -2.03. The normalized spacial score (nSPS) is 18.6. The van der Waals surface area contributed by atoms with Crippen LogP contribution in [-0.4, -0.2) is 42.5 Å². The molecule has 128 valence electrons. The molecule has 2 rings (SSSR count). The summed E-state index contributed by atoms with van der Waals surface area (Å²) in [6.45, 7) is 0.975. The summed E-state index contributed by atoms with van der Waals surface area (Å²) >= 11 is 0. The van der Waals surface area contributed by atoms with Gasteiger partial charge >= 0.3 is 6.18 Å². The summed E-state index contributed by atoms with van der Waals surface area (Å²) in [6.07, 6.45) is -2.76. The molecule has 9 heteroatoms. The second-order valence-electron chi connectivity index (χ2n) is 5.52. The first-order chi connectivity index (χ1) is 10.8. The summed E-state index contributed by atoms with van der Waals surface area (Å²) < 4.78 is 44.0. The van der Waals surface area contributed by atoms with Gasteiger partial charge in [0.1, 0.15) is 5.76 Å². The van der Waals surface area contributed by atoms with Crippen molar-refractivity contribution in [2.24, 2.45) is 11.7 Å². The first kappa shape index (κ1) is 17.3. The summed E-state index contributed by atoms with van der Waals surface area (Å²) in [6, 6.07) is 0.352. The summed E-state index contributed by atoms with van der Waals surface area (Å²) in [5.41, 5.74) is 5.09. The van der Waals surface area contributed by atoms with Crippen LogP contribution in [0.15, 0.2) is 22.8 Å². The summed E-state index contributed by atoms with van der Waals surface area (Å²) in [4.78, 5) is 24.7. The maximum Gasteiger partial charge on any atom is 0.415 e. The molecule has 3 N–H and O–H groups in total. The zero-order valence-electron chi connectivity index (χ0n) is 12.3. The van der Waals surface area contributed by atoms with Crippen molar-refractivity contribution in [3.8, 4) is 0 Å². The number of amides is 2. The highest BCUT2D eigenvalue weighted by Crippen LogP contribution is 2.33. The second kappa shape index (κ2) is 7.03. The second-order valence-corrected chi connectivity index (χ2v) is 5.52. The topological polar surface area (TPSA) is 88.6 Å². The highest BCUT2D eigenvalue weighted by Gasteiger charge is 2.44. The van der Waals surface area contributed by atoms with E-state index in [1.165, 1.54) is 12.1 Å². The van der Waals surface area contributed by atoms with Gasteiger partial charge in [0.05, 0.1) is 12.8 Å².